The number of hydrogen-bond acceptors (Lipinski definition) is 7. The third-order valence-electron chi connectivity index (χ3n) is 8.46. The molecule has 3 amide bonds. The maximum absolute atomic E-state index is 14.3. The van der Waals surface area contributed by atoms with Gasteiger partial charge in [0.15, 0.2) is 0 Å². The van der Waals surface area contributed by atoms with Crippen molar-refractivity contribution in [1.29, 1.82) is 0 Å². The molecule has 0 bridgehead atoms. The maximum Gasteiger partial charge on any atom is 0.264 e. The Balaban J connectivity index is 1.36. The van der Waals surface area contributed by atoms with E-state index in [9.17, 15) is 32.3 Å². The van der Waals surface area contributed by atoms with Crippen molar-refractivity contribution in [3.8, 4) is 11.1 Å². The lowest BCUT2D eigenvalue weighted by Gasteiger charge is -2.29. The number of nitrogens with zero attached hydrogens (tertiary/aromatic N) is 1. The highest BCUT2D eigenvalue weighted by Crippen LogP contribution is 2.31. The zero-order chi connectivity index (χ0) is 36.1. The summed E-state index contributed by atoms with van der Waals surface area (Å²) in [5.74, 6) is -1.85. The summed E-state index contributed by atoms with van der Waals surface area (Å²) in [6, 6.07) is 24.8. The number of halogens is 1. The zero-order valence-corrected chi connectivity index (χ0v) is 29.0. The molecular formula is C38H41FN4O6S. The number of carbonyl (C=O) groups is 3. The van der Waals surface area contributed by atoms with E-state index >= 15 is 0 Å². The molecule has 4 N–H and O–H groups in total. The Hall–Kier alpha value is -4.91. The molecule has 0 saturated carbocycles. The van der Waals surface area contributed by atoms with E-state index in [0.717, 1.165) is 0 Å². The minimum absolute atomic E-state index is 0.0691. The third-order valence-corrected chi connectivity index (χ3v) is 9.85. The van der Waals surface area contributed by atoms with Crippen LogP contribution in [0.25, 0.3) is 11.1 Å². The van der Waals surface area contributed by atoms with Crippen LogP contribution in [0.15, 0.2) is 102 Å². The molecule has 262 valence electrons. The molecule has 50 heavy (non-hydrogen) atoms. The predicted molar refractivity (Wildman–Crippen MR) is 189 cm³/mol. The van der Waals surface area contributed by atoms with E-state index < -0.39 is 39.4 Å². The quantitative estimate of drug-likeness (QED) is 0.168. The highest BCUT2D eigenvalue weighted by atomic mass is 32.2. The summed E-state index contributed by atoms with van der Waals surface area (Å²) in [5.41, 5.74) is 2.43. The molecule has 0 saturated heterocycles. The van der Waals surface area contributed by atoms with Gasteiger partial charge in [0.1, 0.15) is 11.9 Å². The van der Waals surface area contributed by atoms with E-state index in [1.807, 2.05) is 13.8 Å². The monoisotopic (exact) mass is 700 g/mol. The SMILES string of the molecule is C[C@@H](O)CNC(C)(C)CC(=O)N[C@@H]1CCc2cc(F)ccc2N(Cc2ccc(-c3ccccc3S(=O)(=O)NC(=O)c3ccccc3)cc2)C1=O. The molecule has 1 aliphatic heterocycles. The molecular weight excluding hydrogens is 660 g/mol. The Morgan fingerprint density at radius 3 is 2.36 bits per heavy atom. The molecule has 10 nitrogen and oxygen atoms in total. The normalized spacial score (nSPS) is 15.5. The Kier molecular flexibility index (Phi) is 11.1. The van der Waals surface area contributed by atoms with Crippen LogP contribution in [0.1, 0.15) is 55.1 Å². The van der Waals surface area contributed by atoms with Crippen molar-refractivity contribution >= 4 is 33.4 Å². The number of amides is 3. The number of aliphatic hydroxyl groups excluding tert-OH is 1. The number of fused-ring (bicyclic) bond motifs is 1. The molecule has 0 aliphatic carbocycles. The summed E-state index contributed by atoms with van der Waals surface area (Å²) >= 11 is 0. The maximum atomic E-state index is 14.3. The summed E-state index contributed by atoms with van der Waals surface area (Å²) in [4.78, 5) is 41.3. The number of nitrogens with one attached hydrogen (secondary N) is 3. The van der Waals surface area contributed by atoms with Crippen LogP contribution in [0, 0.1) is 5.82 Å². The summed E-state index contributed by atoms with van der Waals surface area (Å²) in [6.07, 6.45) is 0.135. The number of hydrogen-bond donors (Lipinski definition) is 4. The van der Waals surface area contributed by atoms with Crippen molar-refractivity contribution in [1.82, 2.24) is 15.4 Å². The van der Waals surface area contributed by atoms with Gasteiger partial charge in [0.2, 0.25) is 11.8 Å². The van der Waals surface area contributed by atoms with Crippen molar-refractivity contribution < 1.29 is 32.3 Å². The fourth-order valence-corrected chi connectivity index (χ4v) is 7.12. The number of aliphatic hydroxyl groups is 1. The topological polar surface area (TPSA) is 145 Å². The van der Waals surface area contributed by atoms with Gasteiger partial charge in [-0.3, -0.25) is 14.4 Å². The number of aryl methyl sites for hydroxylation is 1. The minimum atomic E-state index is -4.24. The number of sulfonamides is 1. The third kappa shape index (κ3) is 9.00. The first-order valence-corrected chi connectivity index (χ1v) is 17.8. The van der Waals surface area contributed by atoms with Crippen molar-refractivity contribution in [3.63, 3.8) is 0 Å². The average molecular weight is 701 g/mol. The average Bonchev–Trinajstić information content (AvgIpc) is 3.20. The summed E-state index contributed by atoms with van der Waals surface area (Å²) < 4.78 is 43.2. The second-order valence-electron chi connectivity index (χ2n) is 13.1. The minimum Gasteiger partial charge on any atom is -0.392 e. The molecule has 0 radical (unpaired) electrons. The lowest BCUT2D eigenvalue weighted by atomic mass is 9.99. The van der Waals surface area contributed by atoms with Gasteiger partial charge in [0, 0.05) is 35.3 Å². The van der Waals surface area contributed by atoms with Crippen LogP contribution in [0.2, 0.25) is 0 Å². The first-order chi connectivity index (χ1) is 23.7. The summed E-state index contributed by atoms with van der Waals surface area (Å²) in [5, 5.41) is 15.7. The van der Waals surface area contributed by atoms with Gasteiger partial charge < -0.3 is 20.6 Å². The van der Waals surface area contributed by atoms with E-state index in [1.165, 1.54) is 35.2 Å². The number of anilines is 1. The molecule has 1 heterocycles. The van der Waals surface area contributed by atoms with Gasteiger partial charge in [0.25, 0.3) is 15.9 Å². The predicted octanol–water partition coefficient (Wildman–Crippen LogP) is 4.71. The Bertz CT molecular complexity index is 1970. The van der Waals surface area contributed by atoms with Crippen molar-refractivity contribution in [2.75, 3.05) is 11.4 Å². The Morgan fingerprint density at radius 1 is 0.980 bits per heavy atom. The molecule has 5 rings (SSSR count). The molecule has 4 aromatic carbocycles. The highest BCUT2D eigenvalue weighted by Gasteiger charge is 2.33. The molecule has 1 aliphatic rings. The zero-order valence-electron chi connectivity index (χ0n) is 28.1. The fourth-order valence-electron chi connectivity index (χ4n) is 5.92. The number of carbonyl (C=O) groups excluding carboxylic acids is 3. The van der Waals surface area contributed by atoms with E-state index in [0.29, 0.717) is 40.9 Å². The molecule has 12 heteroatoms. The van der Waals surface area contributed by atoms with E-state index in [1.54, 1.807) is 73.7 Å². The summed E-state index contributed by atoms with van der Waals surface area (Å²) in [6.45, 7) is 5.75. The van der Waals surface area contributed by atoms with Crippen LogP contribution in [0.5, 0.6) is 0 Å². The molecule has 0 spiro atoms. The number of rotatable bonds is 12. The van der Waals surface area contributed by atoms with Crippen molar-refractivity contribution in [2.45, 2.75) is 69.2 Å². The van der Waals surface area contributed by atoms with Crippen LogP contribution in [0.4, 0.5) is 10.1 Å². The largest absolute Gasteiger partial charge is 0.392 e. The van der Waals surface area contributed by atoms with Crippen LogP contribution >= 0.6 is 0 Å². The molecule has 0 fully saturated rings. The molecule has 2 atom stereocenters. The first-order valence-electron chi connectivity index (χ1n) is 16.4. The second-order valence-corrected chi connectivity index (χ2v) is 14.8. The van der Waals surface area contributed by atoms with Crippen molar-refractivity contribution in [2.24, 2.45) is 0 Å². The molecule has 0 unspecified atom stereocenters. The molecule has 0 aromatic heterocycles. The van der Waals surface area contributed by atoms with Crippen LogP contribution in [-0.4, -0.2) is 55.5 Å². The lowest BCUT2D eigenvalue weighted by molar-refractivity contribution is -0.128. The van der Waals surface area contributed by atoms with Gasteiger partial charge in [-0.1, -0.05) is 60.7 Å². The lowest BCUT2D eigenvalue weighted by Crippen LogP contribution is -2.51. The van der Waals surface area contributed by atoms with Crippen LogP contribution in [-0.2, 0) is 32.6 Å². The second kappa shape index (κ2) is 15.3. The van der Waals surface area contributed by atoms with E-state index in [4.69, 9.17) is 0 Å². The summed E-state index contributed by atoms with van der Waals surface area (Å²) in [7, 11) is -4.24. The van der Waals surface area contributed by atoms with Crippen LogP contribution in [0.3, 0.4) is 0 Å². The smallest absolute Gasteiger partial charge is 0.264 e. The van der Waals surface area contributed by atoms with Gasteiger partial charge >= 0.3 is 0 Å². The first kappa shape index (κ1) is 36.4. The van der Waals surface area contributed by atoms with Gasteiger partial charge in [-0.05, 0) is 86.7 Å². The van der Waals surface area contributed by atoms with E-state index in [-0.39, 0.29) is 41.7 Å². The Labute approximate surface area is 291 Å². The molecule has 4 aromatic rings. The van der Waals surface area contributed by atoms with Crippen LogP contribution < -0.4 is 20.3 Å². The standard InChI is InChI=1S/C38H41FN4O6S/c1-25(44)23-40-38(2,3)22-35(45)41-32-19-17-29-21-30(39)18-20-33(29)43(37(32)47)24-26-13-15-27(16-14-26)31-11-7-8-12-34(31)50(48,49)42-36(46)28-9-5-4-6-10-28/h4-16,18,20-21,25,32,40,44H,17,19,22-24H2,1-3H3,(H,41,45)(H,42,46)/t25-,32-/m1/s1. The Morgan fingerprint density at radius 2 is 1.66 bits per heavy atom. The number of benzene rings is 4. The van der Waals surface area contributed by atoms with Gasteiger partial charge in [-0.15, -0.1) is 0 Å². The van der Waals surface area contributed by atoms with Gasteiger partial charge in [-0.25, -0.2) is 17.5 Å². The van der Waals surface area contributed by atoms with Crippen molar-refractivity contribution in [3.05, 3.63) is 120 Å². The highest BCUT2D eigenvalue weighted by molar-refractivity contribution is 7.90. The van der Waals surface area contributed by atoms with Gasteiger partial charge in [0.05, 0.1) is 17.5 Å². The fraction of sp³-hybridized carbons (Fsp3) is 0.289. The number of β-amino-alcohol motifs (C(OH)–C–C–N with tert-alkyl or cyclic N) is 1. The van der Waals surface area contributed by atoms with E-state index in [2.05, 4.69) is 15.4 Å². The van der Waals surface area contributed by atoms with Gasteiger partial charge in [-0.2, -0.15) is 0 Å².